The number of anilines is 1. The van der Waals surface area contributed by atoms with E-state index >= 15 is 0 Å². The van der Waals surface area contributed by atoms with E-state index in [4.69, 9.17) is 11.6 Å². The van der Waals surface area contributed by atoms with Gasteiger partial charge in [-0.25, -0.2) is 12.8 Å². The van der Waals surface area contributed by atoms with E-state index in [1.807, 2.05) is 34.6 Å². The highest BCUT2D eigenvalue weighted by molar-refractivity contribution is 7.92. The SMILES string of the molecule is Cc1c(C)c(C)c(S(=O)(=O)Nc2ccn(Cc3c(F)cccc3Cl)n2)c(C)c1C. The summed E-state index contributed by atoms with van der Waals surface area (Å²) in [6.07, 6.45) is 1.58. The Balaban J connectivity index is 1.92. The smallest absolute Gasteiger partial charge is 0.263 e. The monoisotopic (exact) mass is 435 g/mol. The average Bonchev–Trinajstić information content (AvgIpc) is 3.07. The normalized spacial score (nSPS) is 11.7. The van der Waals surface area contributed by atoms with Crippen molar-refractivity contribution in [2.24, 2.45) is 0 Å². The van der Waals surface area contributed by atoms with Crippen LogP contribution < -0.4 is 4.72 Å². The topological polar surface area (TPSA) is 64.0 Å². The van der Waals surface area contributed by atoms with Crippen molar-refractivity contribution in [1.82, 2.24) is 9.78 Å². The van der Waals surface area contributed by atoms with Crippen LogP contribution in [-0.2, 0) is 16.6 Å². The van der Waals surface area contributed by atoms with Crippen LogP contribution in [0, 0.1) is 40.4 Å². The van der Waals surface area contributed by atoms with Crippen molar-refractivity contribution in [2.45, 2.75) is 46.1 Å². The van der Waals surface area contributed by atoms with E-state index in [1.54, 1.807) is 12.3 Å². The molecule has 3 rings (SSSR count). The summed E-state index contributed by atoms with van der Waals surface area (Å²) in [5, 5.41) is 4.51. The number of rotatable bonds is 5. The molecule has 0 atom stereocenters. The quantitative estimate of drug-likeness (QED) is 0.608. The van der Waals surface area contributed by atoms with Gasteiger partial charge in [0, 0.05) is 22.8 Å². The van der Waals surface area contributed by atoms with E-state index in [0.717, 1.165) is 27.8 Å². The van der Waals surface area contributed by atoms with E-state index < -0.39 is 15.8 Å². The molecule has 29 heavy (non-hydrogen) atoms. The van der Waals surface area contributed by atoms with Crippen molar-refractivity contribution < 1.29 is 12.8 Å². The Morgan fingerprint density at radius 2 is 1.59 bits per heavy atom. The van der Waals surface area contributed by atoms with Crippen LogP contribution in [0.4, 0.5) is 10.2 Å². The third-order valence-electron chi connectivity index (χ3n) is 5.46. The third kappa shape index (κ3) is 4.02. The molecular weight excluding hydrogens is 413 g/mol. The number of hydrogen-bond donors (Lipinski definition) is 1. The average molecular weight is 436 g/mol. The van der Waals surface area contributed by atoms with Gasteiger partial charge in [0.2, 0.25) is 0 Å². The molecule has 2 aromatic carbocycles. The highest BCUT2D eigenvalue weighted by atomic mass is 35.5. The first-order valence-corrected chi connectivity index (χ1v) is 10.9. The van der Waals surface area contributed by atoms with Gasteiger partial charge >= 0.3 is 0 Å². The van der Waals surface area contributed by atoms with Crippen LogP contribution in [0.1, 0.15) is 33.4 Å². The molecule has 0 aliphatic heterocycles. The summed E-state index contributed by atoms with van der Waals surface area (Å²) < 4.78 is 44.2. The molecule has 0 bridgehead atoms. The molecule has 1 aromatic heterocycles. The minimum atomic E-state index is -3.84. The molecule has 0 unspecified atom stereocenters. The minimum absolute atomic E-state index is 0.0913. The third-order valence-corrected chi connectivity index (χ3v) is 7.44. The maximum atomic E-state index is 14.0. The van der Waals surface area contributed by atoms with Crippen LogP contribution in [0.25, 0.3) is 0 Å². The molecule has 5 nitrogen and oxygen atoms in total. The van der Waals surface area contributed by atoms with E-state index in [1.165, 1.54) is 22.9 Å². The number of halogens is 2. The molecule has 3 aromatic rings. The lowest BCUT2D eigenvalue weighted by Gasteiger charge is -2.18. The fourth-order valence-electron chi connectivity index (χ4n) is 3.41. The van der Waals surface area contributed by atoms with Gasteiger partial charge in [0.05, 0.1) is 11.4 Å². The van der Waals surface area contributed by atoms with Crippen molar-refractivity contribution in [3.63, 3.8) is 0 Å². The van der Waals surface area contributed by atoms with Crippen molar-refractivity contribution >= 4 is 27.4 Å². The largest absolute Gasteiger partial charge is 0.266 e. The Morgan fingerprint density at radius 1 is 1.00 bits per heavy atom. The first-order valence-electron chi connectivity index (χ1n) is 9.09. The first kappa shape index (κ1) is 21.3. The molecule has 0 aliphatic carbocycles. The Hall–Kier alpha value is -2.38. The molecular formula is C21H23ClFN3O2S. The number of sulfonamides is 1. The number of nitrogens with one attached hydrogen (secondary N) is 1. The summed E-state index contributed by atoms with van der Waals surface area (Å²) in [6, 6.07) is 5.98. The molecule has 1 N–H and O–H groups in total. The molecule has 8 heteroatoms. The molecule has 0 spiro atoms. The van der Waals surface area contributed by atoms with Crippen molar-refractivity contribution in [3.05, 3.63) is 74.7 Å². The standard InChI is InChI=1S/C21H23ClFN3O2S/c1-12-13(2)15(4)21(16(5)14(12)3)29(27,28)25-20-9-10-26(24-20)11-17-18(22)7-6-8-19(17)23/h6-10H,11H2,1-5H3,(H,24,25). The highest BCUT2D eigenvalue weighted by Crippen LogP contribution is 2.30. The summed E-state index contributed by atoms with van der Waals surface area (Å²) in [7, 11) is -3.84. The van der Waals surface area contributed by atoms with Crippen molar-refractivity contribution in [3.8, 4) is 0 Å². The lowest BCUT2D eigenvalue weighted by molar-refractivity contribution is 0.585. The molecule has 0 amide bonds. The van der Waals surface area contributed by atoms with E-state index in [2.05, 4.69) is 9.82 Å². The first-order chi connectivity index (χ1) is 13.5. The second kappa shape index (κ2) is 7.80. The second-order valence-electron chi connectivity index (χ2n) is 7.16. The van der Waals surface area contributed by atoms with Gasteiger partial charge in [-0.2, -0.15) is 5.10 Å². The zero-order valence-corrected chi connectivity index (χ0v) is 18.5. The van der Waals surface area contributed by atoms with E-state index in [-0.39, 0.29) is 17.3 Å². The van der Waals surface area contributed by atoms with Crippen LogP contribution in [0.15, 0.2) is 35.4 Å². The van der Waals surface area contributed by atoms with Crippen LogP contribution in [-0.4, -0.2) is 18.2 Å². The predicted octanol–water partition coefficient (Wildman–Crippen LogP) is 5.07. The highest BCUT2D eigenvalue weighted by Gasteiger charge is 2.24. The lowest BCUT2D eigenvalue weighted by atomic mass is 9.95. The molecule has 0 saturated heterocycles. The summed E-state index contributed by atoms with van der Waals surface area (Å²) in [4.78, 5) is 0.268. The molecule has 0 fully saturated rings. The summed E-state index contributed by atoms with van der Waals surface area (Å²) in [5.74, 6) is -0.279. The van der Waals surface area contributed by atoms with E-state index in [0.29, 0.717) is 10.6 Å². The van der Waals surface area contributed by atoms with Gasteiger partial charge in [0.1, 0.15) is 5.82 Å². The summed E-state index contributed by atoms with van der Waals surface area (Å²) in [5.41, 5.74) is 4.72. The van der Waals surface area contributed by atoms with Crippen LogP contribution in [0.3, 0.4) is 0 Å². The summed E-state index contributed by atoms with van der Waals surface area (Å²) in [6.45, 7) is 9.54. The number of nitrogens with zero attached hydrogens (tertiary/aromatic N) is 2. The Morgan fingerprint density at radius 3 is 2.17 bits per heavy atom. The van der Waals surface area contributed by atoms with Gasteiger partial charge in [-0.05, 0) is 74.6 Å². The van der Waals surface area contributed by atoms with Gasteiger partial charge in [-0.3, -0.25) is 9.40 Å². The maximum absolute atomic E-state index is 14.0. The van der Waals surface area contributed by atoms with Gasteiger partial charge in [-0.15, -0.1) is 0 Å². The van der Waals surface area contributed by atoms with Gasteiger partial charge < -0.3 is 0 Å². The maximum Gasteiger partial charge on any atom is 0.263 e. The van der Waals surface area contributed by atoms with Crippen LogP contribution >= 0.6 is 11.6 Å². The molecule has 0 radical (unpaired) electrons. The van der Waals surface area contributed by atoms with Gasteiger partial charge in [0.15, 0.2) is 5.82 Å². The van der Waals surface area contributed by atoms with Crippen molar-refractivity contribution in [1.29, 1.82) is 0 Å². The lowest BCUT2D eigenvalue weighted by Crippen LogP contribution is -2.18. The van der Waals surface area contributed by atoms with Crippen LogP contribution in [0.5, 0.6) is 0 Å². The van der Waals surface area contributed by atoms with Gasteiger partial charge in [-0.1, -0.05) is 17.7 Å². The fourth-order valence-corrected chi connectivity index (χ4v) is 5.23. The molecule has 1 heterocycles. The zero-order chi connectivity index (χ0) is 21.5. The molecule has 0 aliphatic rings. The fraction of sp³-hybridized carbons (Fsp3) is 0.286. The van der Waals surface area contributed by atoms with E-state index in [9.17, 15) is 12.8 Å². The molecule has 154 valence electrons. The number of hydrogen-bond acceptors (Lipinski definition) is 3. The van der Waals surface area contributed by atoms with Crippen molar-refractivity contribution in [2.75, 3.05) is 4.72 Å². The van der Waals surface area contributed by atoms with Crippen LogP contribution in [0.2, 0.25) is 5.02 Å². The Bertz CT molecular complexity index is 1150. The number of aromatic nitrogens is 2. The Kier molecular flexibility index (Phi) is 5.74. The predicted molar refractivity (Wildman–Crippen MR) is 114 cm³/mol. The second-order valence-corrected chi connectivity index (χ2v) is 9.18. The Labute approximate surface area is 175 Å². The van der Waals surface area contributed by atoms with Gasteiger partial charge in [0.25, 0.3) is 10.0 Å². The molecule has 0 saturated carbocycles. The zero-order valence-electron chi connectivity index (χ0n) is 17.0. The number of benzene rings is 2. The minimum Gasteiger partial charge on any atom is -0.266 e. The summed E-state index contributed by atoms with van der Waals surface area (Å²) >= 11 is 6.06.